The molecule has 1 fully saturated rings. The summed E-state index contributed by atoms with van der Waals surface area (Å²) in [5.74, 6) is -0.147. The van der Waals surface area contributed by atoms with E-state index < -0.39 is 15.6 Å². The predicted molar refractivity (Wildman–Crippen MR) is 121 cm³/mol. The number of carbonyl (C=O) groups excluding carboxylic acids is 1. The number of rotatable bonds is 4. The van der Waals surface area contributed by atoms with Crippen LogP contribution in [0.4, 0.5) is 5.69 Å². The molecule has 0 bridgehead atoms. The third-order valence-electron chi connectivity index (χ3n) is 4.93. The van der Waals surface area contributed by atoms with Crippen molar-refractivity contribution in [1.82, 2.24) is 9.62 Å². The number of amides is 1. The number of hydrogen-bond donors (Lipinski definition) is 1. The van der Waals surface area contributed by atoms with E-state index in [1.807, 2.05) is 31.2 Å². The summed E-state index contributed by atoms with van der Waals surface area (Å²) in [5.41, 5.74) is 1.60. The van der Waals surface area contributed by atoms with Gasteiger partial charge in [0.2, 0.25) is 10.0 Å². The lowest BCUT2D eigenvalue weighted by Gasteiger charge is -2.36. The van der Waals surface area contributed by atoms with Crippen LogP contribution in [0, 0.1) is 6.92 Å². The van der Waals surface area contributed by atoms with Crippen LogP contribution in [0.3, 0.4) is 0 Å². The summed E-state index contributed by atoms with van der Waals surface area (Å²) < 4.78 is 28.0. The van der Waals surface area contributed by atoms with E-state index >= 15 is 0 Å². The van der Waals surface area contributed by atoms with Crippen molar-refractivity contribution in [3.05, 3.63) is 58.6 Å². The van der Waals surface area contributed by atoms with Gasteiger partial charge in [-0.3, -0.25) is 4.79 Å². The SMILES string of the molecule is Cc1ccc(S(=O)(=O)NC(C)(C)C)cc1C(=O)N1CCN(c2cccc(Cl)c2)CC1. The maximum Gasteiger partial charge on any atom is 0.254 e. The van der Waals surface area contributed by atoms with Crippen molar-refractivity contribution >= 4 is 33.2 Å². The summed E-state index contributed by atoms with van der Waals surface area (Å²) in [7, 11) is -3.71. The van der Waals surface area contributed by atoms with Gasteiger partial charge in [0.25, 0.3) is 5.91 Å². The fourth-order valence-corrected chi connectivity index (χ4v) is 5.10. The van der Waals surface area contributed by atoms with E-state index in [1.165, 1.54) is 12.1 Å². The number of aryl methyl sites for hydroxylation is 1. The van der Waals surface area contributed by atoms with E-state index in [2.05, 4.69) is 9.62 Å². The molecule has 2 aromatic carbocycles. The minimum absolute atomic E-state index is 0.101. The maximum atomic E-state index is 13.2. The molecule has 3 rings (SSSR count). The average molecular weight is 450 g/mol. The summed E-state index contributed by atoms with van der Waals surface area (Å²) in [5, 5.41) is 0.684. The third kappa shape index (κ3) is 5.33. The van der Waals surface area contributed by atoms with Crippen LogP contribution in [0.15, 0.2) is 47.4 Å². The number of anilines is 1. The Morgan fingerprint density at radius 2 is 1.70 bits per heavy atom. The molecule has 30 heavy (non-hydrogen) atoms. The fourth-order valence-electron chi connectivity index (χ4n) is 3.47. The molecule has 1 aliphatic rings. The minimum Gasteiger partial charge on any atom is -0.368 e. The van der Waals surface area contributed by atoms with Crippen molar-refractivity contribution in [2.75, 3.05) is 31.1 Å². The van der Waals surface area contributed by atoms with Crippen LogP contribution in [-0.4, -0.2) is 50.9 Å². The average Bonchev–Trinajstić information content (AvgIpc) is 2.66. The topological polar surface area (TPSA) is 69.7 Å². The predicted octanol–water partition coefficient (Wildman–Crippen LogP) is 3.69. The number of sulfonamides is 1. The second-order valence-electron chi connectivity index (χ2n) is 8.59. The zero-order chi connectivity index (χ0) is 22.1. The summed E-state index contributed by atoms with van der Waals surface area (Å²) in [4.78, 5) is 17.2. The first-order valence-corrected chi connectivity index (χ1v) is 11.8. The molecule has 0 saturated carbocycles. The minimum atomic E-state index is -3.71. The Morgan fingerprint density at radius 1 is 1.03 bits per heavy atom. The van der Waals surface area contributed by atoms with Crippen molar-refractivity contribution in [3.8, 4) is 0 Å². The van der Waals surface area contributed by atoms with E-state index in [1.54, 1.807) is 31.7 Å². The Labute approximate surface area is 183 Å². The lowest BCUT2D eigenvalue weighted by atomic mass is 10.1. The van der Waals surface area contributed by atoms with E-state index in [4.69, 9.17) is 11.6 Å². The lowest BCUT2D eigenvalue weighted by molar-refractivity contribution is 0.0746. The monoisotopic (exact) mass is 449 g/mol. The van der Waals surface area contributed by atoms with Crippen molar-refractivity contribution in [2.24, 2.45) is 0 Å². The third-order valence-corrected chi connectivity index (χ3v) is 6.92. The van der Waals surface area contributed by atoms with Gasteiger partial charge in [-0.25, -0.2) is 13.1 Å². The van der Waals surface area contributed by atoms with Gasteiger partial charge in [0.05, 0.1) is 4.90 Å². The number of nitrogens with one attached hydrogen (secondary N) is 1. The Kier molecular flexibility index (Phi) is 6.45. The Bertz CT molecular complexity index is 1040. The molecule has 1 saturated heterocycles. The second kappa shape index (κ2) is 8.57. The highest BCUT2D eigenvalue weighted by molar-refractivity contribution is 7.89. The normalized spacial score (nSPS) is 15.4. The molecular formula is C22H28ClN3O3S. The molecule has 6 nitrogen and oxygen atoms in total. The van der Waals surface area contributed by atoms with Gasteiger partial charge in [0.1, 0.15) is 0 Å². The summed E-state index contributed by atoms with van der Waals surface area (Å²) >= 11 is 6.09. The molecule has 8 heteroatoms. The molecule has 0 aromatic heterocycles. The Hall–Kier alpha value is -2.09. The Morgan fingerprint density at radius 3 is 2.30 bits per heavy atom. The first-order valence-electron chi connectivity index (χ1n) is 9.91. The molecule has 0 atom stereocenters. The van der Waals surface area contributed by atoms with E-state index in [0.717, 1.165) is 11.3 Å². The second-order valence-corrected chi connectivity index (χ2v) is 10.7. The number of benzene rings is 2. The quantitative estimate of drug-likeness (QED) is 0.772. The molecule has 0 radical (unpaired) electrons. The Balaban J connectivity index is 1.76. The van der Waals surface area contributed by atoms with Gasteiger partial charge in [0.15, 0.2) is 0 Å². The summed E-state index contributed by atoms with van der Waals surface area (Å²) in [6.45, 7) is 9.66. The van der Waals surface area contributed by atoms with Crippen LogP contribution in [0.5, 0.6) is 0 Å². The summed E-state index contributed by atoms with van der Waals surface area (Å²) in [6.07, 6.45) is 0. The van der Waals surface area contributed by atoms with Crippen LogP contribution in [-0.2, 0) is 10.0 Å². The number of nitrogens with zero attached hydrogens (tertiary/aromatic N) is 2. The van der Waals surface area contributed by atoms with Gasteiger partial charge in [-0.05, 0) is 63.6 Å². The van der Waals surface area contributed by atoms with Crippen molar-refractivity contribution in [1.29, 1.82) is 0 Å². The van der Waals surface area contributed by atoms with Crippen molar-refractivity contribution in [3.63, 3.8) is 0 Å². The number of halogens is 1. The van der Waals surface area contributed by atoms with Crippen LogP contribution < -0.4 is 9.62 Å². The maximum absolute atomic E-state index is 13.2. The van der Waals surface area contributed by atoms with Crippen molar-refractivity contribution < 1.29 is 13.2 Å². The molecule has 1 N–H and O–H groups in total. The van der Waals surface area contributed by atoms with E-state index in [-0.39, 0.29) is 10.8 Å². The highest BCUT2D eigenvalue weighted by Gasteiger charge is 2.27. The zero-order valence-corrected chi connectivity index (χ0v) is 19.3. The smallest absolute Gasteiger partial charge is 0.254 e. The number of hydrogen-bond acceptors (Lipinski definition) is 4. The number of carbonyl (C=O) groups is 1. The summed E-state index contributed by atoms with van der Waals surface area (Å²) in [6, 6.07) is 12.4. The van der Waals surface area contributed by atoms with Crippen molar-refractivity contribution in [2.45, 2.75) is 38.1 Å². The van der Waals surface area contributed by atoms with Gasteiger partial charge in [-0.1, -0.05) is 23.7 Å². The number of piperazine rings is 1. The fraction of sp³-hybridized carbons (Fsp3) is 0.409. The molecule has 2 aromatic rings. The molecule has 0 aliphatic carbocycles. The van der Waals surface area contributed by atoms with Crippen LogP contribution in [0.2, 0.25) is 5.02 Å². The van der Waals surface area contributed by atoms with Gasteiger partial charge in [0, 0.05) is 48.0 Å². The van der Waals surface area contributed by atoms with Gasteiger partial charge in [-0.2, -0.15) is 0 Å². The van der Waals surface area contributed by atoms with Gasteiger partial charge >= 0.3 is 0 Å². The molecular weight excluding hydrogens is 422 g/mol. The standard InChI is InChI=1S/C22H28ClN3O3S/c1-16-8-9-19(30(28,29)24-22(2,3)4)15-20(16)21(27)26-12-10-25(11-13-26)18-7-5-6-17(23)14-18/h5-9,14-15,24H,10-13H2,1-4H3. The highest BCUT2D eigenvalue weighted by Crippen LogP contribution is 2.23. The molecule has 0 unspecified atom stereocenters. The van der Waals surface area contributed by atoms with Crippen LogP contribution in [0.25, 0.3) is 0 Å². The highest BCUT2D eigenvalue weighted by atomic mass is 35.5. The molecule has 0 spiro atoms. The largest absolute Gasteiger partial charge is 0.368 e. The lowest BCUT2D eigenvalue weighted by Crippen LogP contribution is -2.49. The first-order chi connectivity index (χ1) is 14.0. The molecule has 1 amide bonds. The van der Waals surface area contributed by atoms with Crippen LogP contribution in [0.1, 0.15) is 36.7 Å². The van der Waals surface area contributed by atoms with E-state index in [0.29, 0.717) is 36.8 Å². The van der Waals surface area contributed by atoms with Gasteiger partial charge < -0.3 is 9.80 Å². The molecule has 1 heterocycles. The molecule has 1 aliphatic heterocycles. The van der Waals surface area contributed by atoms with E-state index in [9.17, 15) is 13.2 Å². The first kappa shape index (κ1) is 22.6. The molecule has 162 valence electrons. The van der Waals surface area contributed by atoms with Crippen LogP contribution >= 0.6 is 11.6 Å². The van der Waals surface area contributed by atoms with Gasteiger partial charge in [-0.15, -0.1) is 0 Å². The zero-order valence-electron chi connectivity index (χ0n) is 17.8.